The van der Waals surface area contributed by atoms with E-state index in [0.717, 1.165) is 28.8 Å². The molecule has 166 valence electrons. The topological polar surface area (TPSA) is 38.3 Å². The van der Waals surface area contributed by atoms with Gasteiger partial charge in [0.25, 0.3) is 0 Å². The molecule has 0 heterocycles. The fourth-order valence-electron chi connectivity index (χ4n) is 3.19. The largest absolute Gasteiger partial charge is 0.489 e. The molecular formula is C26H24F3NO2. The van der Waals surface area contributed by atoms with Crippen LogP contribution in [0.1, 0.15) is 29.5 Å². The van der Waals surface area contributed by atoms with Gasteiger partial charge in [-0.3, -0.25) is 4.79 Å². The molecule has 1 unspecified atom stereocenters. The van der Waals surface area contributed by atoms with Crippen LogP contribution in [-0.4, -0.2) is 12.5 Å². The SMILES string of the molecule is C=CCNC(=O)C(C)c1ccc(OCc2cccc(-c3ccc(C(F)(F)F)cc3)c2)cc1. The van der Waals surface area contributed by atoms with Crippen LogP contribution < -0.4 is 10.1 Å². The summed E-state index contributed by atoms with van der Waals surface area (Å²) in [6, 6.07) is 19.9. The number of halogens is 3. The van der Waals surface area contributed by atoms with Crippen molar-refractivity contribution in [2.24, 2.45) is 0 Å². The second-order valence-corrected chi connectivity index (χ2v) is 7.39. The van der Waals surface area contributed by atoms with Gasteiger partial charge in [0.2, 0.25) is 5.91 Å². The molecule has 0 spiro atoms. The van der Waals surface area contributed by atoms with Crippen molar-refractivity contribution in [2.75, 3.05) is 6.54 Å². The van der Waals surface area contributed by atoms with Crippen molar-refractivity contribution >= 4 is 5.91 Å². The molecule has 1 amide bonds. The molecule has 0 saturated heterocycles. The predicted molar refractivity (Wildman–Crippen MR) is 119 cm³/mol. The minimum Gasteiger partial charge on any atom is -0.489 e. The Bertz CT molecular complexity index is 1060. The number of hydrogen-bond acceptors (Lipinski definition) is 2. The van der Waals surface area contributed by atoms with Gasteiger partial charge in [0, 0.05) is 6.54 Å². The summed E-state index contributed by atoms with van der Waals surface area (Å²) < 4.78 is 44.1. The first kappa shape index (κ1) is 23.1. The van der Waals surface area contributed by atoms with Crippen LogP contribution >= 0.6 is 0 Å². The third-order valence-corrected chi connectivity index (χ3v) is 5.07. The third kappa shape index (κ3) is 6.00. The predicted octanol–water partition coefficient (Wildman–Crippen LogP) is 6.36. The lowest BCUT2D eigenvalue weighted by Gasteiger charge is -2.13. The van der Waals surface area contributed by atoms with E-state index in [4.69, 9.17) is 4.74 Å². The fraction of sp³-hybridized carbons (Fsp3) is 0.192. The summed E-state index contributed by atoms with van der Waals surface area (Å²) in [6.45, 7) is 6.15. The van der Waals surface area contributed by atoms with E-state index in [0.29, 0.717) is 24.5 Å². The number of alkyl halides is 3. The zero-order valence-corrected chi connectivity index (χ0v) is 17.7. The van der Waals surface area contributed by atoms with Gasteiger partial charge in [-0.1, -0.05) is 48.5 Å². The van der Waals surface area contributed by atoms with E-state index in [1.165, 1.54) is 12.1 Å². The van der Waals surface area contributed by atoms with Gasteiger partial charge in [0.15, 0.2) is 0 Å². The van der Waals surface area contributed by atoms with E-state index >= 15 is 0 Å². The molecule has 3 aromatic carbocycles. The second kappa shape index (κ2) is 10.2. The monoisotopic (exact) mass is 439 g/mol. The summed E-state index contributed by atoms with van der Waals surface area (Å²) in [5.74, 6) is 0.301. The lowest BCUT2D eigenvalue weighted by atomic mass is 10.0. The summed E-state index contributed by atoms with van der Waals surface area (Å²) in [5.41, 5.74) is 2.62. The van der Waals surface area contributed by atoms with E-state index in [2.05, 4.69) is 11.9 Å². The smallest absolute Gasteiger partial charge is 0.416 e. The first-order valence-corrected chi connectivity index (χ1v) is 10.2. The highest BCUT2D eigenvalue weighted by Crippen LogP contribution is 2.31. The van der Waals surface area contributed by atoms with Gasteiger partial charge in [-0.05, 0) is 59.5 Å². The van der Waals surface area contributed by atoms with Crippen molar-refractivity contribution < 1.29 is 22.7 Å². The molecule has 0 fully saturated rings. The number of carbonyl (C=O) groups is 1. The number of hydrogen-bond donors (Lipinski definition) is 1. The molecule has 0 aromatic heterocycles. The lowest BCUT2D eigenvalue weighted by molar-refractivity contribution is -0.137. The van der Waals surface area contributed by atoms with Gasteiger partial charge in [-0.2, -0.15) is 13.2 Å². The van der Waals surface area contributed by atoms with E-state index in [1.807, 2.05) is 55.5 Å². The Balaban J connectivity index is 1.63. The highest BCUT2D eigenvalue weighted by atomic mass is 19.4. The van der Waals surface area contributed by atoms with Crippen LogP contribution in [0.5, 0.6) is 5.75 Å². The minimum atomic E-state index is -4.35. The molecule has 0 bridgehead atoms. The zero-order chi connectivity index (χ0) is 23.1. The number of amides is 1. The van der Waals surface area contributed by atoms with Crippen LogP contribution in [0.4, 0.5) is 13.2 Å². The van der Waals surface area contributed by atoms with Gasteiger partial charge < -0.3 is 10.1 Å². The molecule has 1 N–H and O–H groups in total. The van der Waals surface area contributed by atoms with Gasteiger partial charge in [0.1, 0.15) is 12.4 Å². The summed E-state index contributed by atoms with van der Waals surface area (Å²) in [7, 11) is 0. The van der Waals surface area contributed by atoms with Crippen LogP contribution in [0.15, 0.2) is 85.5 Å². The number of carbonyl (C=O) groups excluding carboxylic acids is 1. The van der Waals surface area contributed by atoms with Gasteiger partial charge in [0.05, 0.1) is 11.5 Å². The minimum absolute atomic E-state index is 0.0707. The Kier molecular flexibility index (Phi) is 7.36. The van der Waals surface area contributed by atoms with E-state index in [-0.39, 0.29) is 11.8 Å². The Labute approximate surface area is 185 Å². The van der Waals surface area contributed by atoms with Crippen molar-refractivity contribution in [3.8, 4) is 16.9 Å². The quantitative estimate of drug-likeness (QED) is 0.415. The van der Waals surface area contributed by atoms with Gasteiger partial charge in [-0.25, -0.2) is 0 Å². The maximum Gasteiger partial charge on any atom is 0.416 e. The Hall–Kier alpha value is -3.54. The molecule has 3 nitrogen and oxygen atoms in total. The van der Waals surface area contributed by atoms with E-state index in [9.17, 15) is 18.0 Å². The van der Waals surface area contributed by atoms with Crippen molar-refractivity contribution in [1.29, 1.82) is 0 Å². The van der Waals surface area contributed by atoms with Crippen LogP contribution in [-0.2, 0) is 17.6 Å². The van der Waals surface area contributed by atoms with Crippen LogP contribution in [0.3, 0.4) is 0 Å². The number of nitrogens with one attached hydrogen (secondary N) is 1. The maximum absolute atomic E-state index is 12.8. The van der Waals surface area contributed by atoms with Gasteiger partial charge >= 0.3 is 6.18 Å². The second-order valence-electron chi connectivity index (χ2n) is 7.39. The van der Waals surface area contributed by atoms with Crippen molar-refractivity contribution in [1.82, 2.24) is 5.32 Å². The molecule has 0 saturated carbocycles. The summed E-state index contributed by atoms with van der Waals surface area (Å²) in [5, 5.41) is 2.78. The average molecular weight is 439 g/mol. The molecule has 32 heavy (non-hydrogen) atoms. The van der Waals surface area contributed by atoms with Gasteiger partial charge in [-0.15, -0.1) is 6.58 Å². The average Bonchev–Trinajstić information content (AvgIpc) is 2.81. The standard InChI is InChI=1S/C26H24F3NO2/c1-3-15-30-25(31)18(2)20-9-13-24(14-10-20)32-17-19-5-4-6-22(16-19)21-7-11-23(12-8-21)26(27,28)29/h3-14,16,18H,1,15,17H2,2H3,(H,30,31). The maximum atomic E-state index is 12.8. The lowest BCUT2D eigenvalue weighted by Crippen LogP contribution is -2.27. The van der Waals surface area contributed by atoms with Crippen molar-refractivity contribution in [3.05, 3.63) is 102 Å². The fourth-order valence-corrected chi connectivity index (χ4v) is 3.19. The summed E-state index contributed by atoms with van der Waals surface area (Å²) in [6.07, 6.45) is -2.72. The highest BCUT2D eigenvalue weighted by Gasteiger charge is 2.29. The number of benzene rings is 3. The number of rotatable bonds is 8. The van der Waals surface area contributed by atoms with E-state index in [1.54, 1.807) is 6.08 Å². The first-order valence-electron chi connectivity index (χ1n) is 10.2. The van der Waals surface area contributed by atoms with Crippen LogP contribution in [0, 0.1) is 0 Å². The van der Waals surface area contributed by atoms with Crippen LogP contribution in [0.2, 0.25) is 0 Å². The molecule has 0 radical (unpaired) electrons. The van der Waals surface area contributed by atoms with Crippen molar-refractivity contribution in [3.63, 3.8) is 0 Å². The summed E-state index contributed by atoms with van der Waals surface area (Å²) >= 11 is 0. The van der Waals surface area contributed by atoms with Crippen molar-refractivity contribution in [2.45, 2.75) is 25.6 Å². The molecule has 3 aromatic rings. The zero-order valence-electron chi connectivity index (χ0n) is 17.7. The third-order valence-electron chi connectivity index (χ3n) is 5.07. The normalized spacial score (nSPS) is 12.1. The van der Waals surface area contributed by atoms with E-state index < -0.39 is 11.7 Å². The molecule has 6 heteroatoms. The molecule has 0 aliphatic heterocycles. The highest BCUT2D eigenvalue weighted by molar-refractivity contribution is 5.83. The Morgan fingerprint density at radius 3 is 2.34 bits per heavy atom. The molecule has 1 atom stereocenters. The Morgan fingerprint density at radius 1 is 1.03 bits per heavy atom. The van der Waals surface area contributed by atoms with Crippen LogP contribution in [0.25, 0.3) is 11.1 Å². The Morgan fingerprint density at radius 2 is 1.72 bits per heavy atom. The molecule has 0 aliphatic carbocycles. The molecule has 3 rings (SSSR count). The first-order chi connectivity index (χ1) is 15.3. The molecular weight excluding hydrogens is 415 g/mol. The number of ether oxygens (including phenoxy) is 1. The summed E-state index contributed by atoms with van der Waals surface area (Å²) in [4.78, 5) is 12.1. The molecule has 0 aliphatic rings.